The Hall–Kier alpha value is 0. The molecule has 0 radical (unpaired) electrons. The normalized spacial score (nSPS) is 41.4. The van der Waals surface area contributed by atoms with Gasteiger partial charge in [0.25, 0.3) is 0 Å². The van der Waals surface area contributed by atoms with Crippen LogP contribution in [0.15, 0.2) is 0 Å². The molecule has 0 spiro atoms. The molecule has 0 aromatic rings. The molecule has 186 valence electrons. The van der Waals surface area contributed by atoms with Crippen LogP contribution in [-0.4, -0.2) is 0 Å². The third-order valence-electron chi connectivity index (χ3n) is 11.3. The maximum Gasteiger partial charge on any atom is -0.0386 e. The van der Waals surface area contributed by atoms with Crippen molar-refractivity contribution >= 4 is 0 Å². The minimum Gasteiger partial charge on any atom is -0.0654 e. The van der Waals surface area contributed by atoms with E-state index in [1.165, 1.54) is 38.5 Å². The van der Waals surface area contributed by atoms with Gasteiger partial charge in [0.2, 0.25) is 0 Å². The van der Waals surface area contributed by atoms with E-state index in [1.54, 1.807) is 103 Å². The van der Waals surface area contributed by atoms with Crippen molar-refractivity contribution in [1.29, 1.82) is 0 Å². The Labute approximate surface area is 202 Å². The van der Waals surface area contributed by atoms with E-state index < -0.39 is 0 Å². The summed E-state index contributed by atoms with van der Waals surface area (Å²) in [6, 6.07) is 0. The van der Waals surface area contributed by atoms with Crippen LogP contribution in [0.2, 0.25) is 0 Å². The van der Waals surface area contributed by atoms with E-state index >= 15 is 0 Å². The Morgan fingerprint density at radius 1 is 0.344 bits per heavy atom. The van der Waals surface area contributed by atoms with Gasteiger partial charge in [-0.25, -0.2) is 0 Å². The number of hydrogen-bond donors (Lipinski definition) is 0. The lowest BCUT2D eigenvalue weighted by Crippen LogP contribution is -2.31. The van der Waals surface area contributed by atoms with Crippen molar-refractivity contribution in [2.45, 2.75) is 155 Å². The molecule has 0 heteroatoms. The van der Waals surface area contributed by atoms with E-state index in [9.17, 15) is 0 Å². The third-order valence-corrected chi connectivity index (χ3v) is 11.3. The average Bonchev–Trinajstić information content (AvgIpc) is 2.86. The molecule has 0 aliphatic heterocycles. The molecular formula is C32H58. The van der Waals surface area contributed by atoms with Gasteiger partial charge >= 0.3 is 0 Å². The predicted molar refractivity (Wildman–Crippen MR) is 141 cm³/mol. The Morgan fingerprint density at radius 2 is 0.656 bits per heavy atom. The standard InChI is InChI=1S/C32H58/c1-3-5-6-8-26-11-15-28(16-12-26)30-19-23-32(24-20-30)31-21-17-29(18-22-31)27-13-9-25(7-4-2)10-14-27/h25-32H,3-24H2,1-2H3. The minimum absolute atomic E-state index is 1.08. The summed E-state index contributed by atoms with van der Waals surface area (Å²) in [4.78, 5) is 0. The molecule has 0 aromatic carbocycles. The largest absolute Gasteiger partial charge is 0.0654 e. The zero-order valence-corrected chi connectivity index (χ0v) is 22.2. The summed E-state index contributed by atoms with van der Waals surface area (Å²) in [5.41, 5.74) is 0. The number of hydrogen-bond acceptors (Lipinski definition) is 0. The number of rotatable bonds is 9. The summed E-state index contributed by atoms with van der Waals surface area (Å²) in [5.74, 6) is 8.82. The lowest BCUT2D eigenvalue weighted by molar-refractivity contribution is 0.0848. The molecule has 4 saturated carbocycles. The van der Waals surface area contributed by atoms with Gasteiger partial charge in [0.15, 0.2) is 0 Å². The maximum atomic E-state index is 2.38. The van der Waals surface area contributed by atoms with Crippen molar-refractivity contribution in [3.63, 3.8) is 0 Å². The smallest absolute Gasteiger partial charge is 0.0386 e. The van der Waals surface area contributed by atoms with E-state index in [0.717, 1.165) is 47.3 Å². The molecule has 0 heterocycles. The summed E-state index contributed by atoms with van der Waals surface area (Å²) >= 11 is 0. The predicted octanol–water partition coefficient (Wildman–Crippen LogP) is 10.6. The molecule has 4 rings (SSSR count). The molecule has 0 unspecified atom stereocenters. The highest BCUT2D eigenvalue weighted by atomic mass is 14.4. The van der Waals surface area contributed by atoms with Gasteiger partial charge in [0.1, 0.15) is 0 Å². The van der Waals surface area contributed by atoms with Crippen molar-refractivity contribution in [3.05, 3.63) is 0 Å². The van der Waals surface area contributed by atoms with E-state index in [0.29, 0.717) is 0 Å². The fourth-order valence-corrected chi connectivity index (χ4v) is 9.16. The Kier molecular flexibility index (Phi) is 10.3. The van der Waals surface area contributed by atoms with Crippen LogP contribution in [0.3, 0.4) is 0 Å². The molecule has 4 fully saturated rings. The van der Waals surface area contributed by atoms with Crippen molar-refractivity contribution in [2.24, 2.45) is 47.3 Å². The zero-order chi connectivity index (χ0) is 22.2. The fourth-order valence-electron chi connectivity index (χ4n) is 9.16. The highest BCUT2D eigenvalue weighted by Crippen LogP contribution is 2.48. The highest BCUT2D eigenvalue weighted by Gasteiger charge is 2.36. The summed E-state index contributed by atoms with van der Waals surface area (Å²) in [7, 11) is 0. The second kappa shape index (κ2) is 13.2. The van der Waals surface area contributed by atoms with Crippen LogP contribution in [0.1, 0.15) is 155 Å². The molecule has 0 atom stereocenters. The first kappa shape index (κ1) is 25.1. The van der Waals surface area contributed by atoms with E-state index in [-0.39, 0.29) is 0 Å². The Balaban J connectivity index is 1.11. The molecule has 0 saturated heterocycles. The lowest BCUT2D eigenvalue weighted by atomic mass is 9.63. The first-order valence-electron chi connectivity index (χ1n) is 15.8. The van der Waals surface area contributed by atoms with Crippen LogP contribution in [0.5, 0.6) is 0 Å². The van der Waals surface area contributed by atoms with Gasteiger partial charge in [-0.05, 0) is 124 Å². The summed E-state index contributed by atoms with van der Waals surface area (Å²) in [5, 5.41) is 0. The van der Waals surface area contributed by atoms with Crippen LogP contribution in [0, 0.1) is 47.3 Å². The summed E-state index contributed by atoms with van der Waals surface area (Å²) < 4.78 is 0. The van der Waals surface area contributed by atoms with Gasteiger partial charge in [0.05, 0.1) is 0 Å². The van der Waals surface area contributed by atoms with E-state index in [4.69, 9.17) is 0 Å². The van der Waals surface area contributed by atoms with Gasteiger partial charge in [-0.2, -0.15) is 0 Å². The first-order valence-corrected chi connectivity index (χ1v) is 15.8. The van der Waals surface area contributed by atoms with Crippen molar-refractivity contribution in [3.8, 4) is 0 Å². The summed E-state index contributed by atoms with van der Waals surface area (Å²) in [6.07, 6.45) is 34.1. The minimum atomic E-state index is 1.08. The Morgan fingerprint density at radius 3 is 0.969 bits per heavy atom. The highest BCUT2D eigenvalue weighted by molar-refractivity contribution is 4.88. The van der Waals surface area contributed by atoms with Gasteiger partial charge in [-0.3, -0.25) is 0 Å². The van der Waals surface area contributed by atoms with E-state index in [2.05, 4.69) is 13.8 Å². The van der Waals surface area contributed by atoms with Gasteiger partial charge in [0, 0.05) is 0 Å². The topological polar surface area (TPSA) is 0 Å². The van der Waals surface area contributed by atoms with Crippen molar-refractivity contribution in [2.75, 3.05) is 0 Å². The molecule has 0 aromatic heterocycles. The van der Waals surface area contributed by atoms with Gasteiger partial charge in [-0.1, -0.05) is 78.1 Å². The summed E-state index contributed by atoms with van der Waals surface area (Å²) in [6.45, 7) is 4.72. The molecular weight excluding hydrogens is 384 g/mol. The lowest BCUT2D eigenvalue weighted by Gasteiger charge is -2.43. The van der Waals surface area contributed by atoms with Crippen molar-refractivity contribution < 1.29 is 0 Å². The van der Waals surface area contributed by atoms with Crippen LogP contribution in [0.25, 0.3) is 0 Å². The maximum absolute atomic E-state index is 2.38. The molecule has 0 bridgehead atoms. The van der Waals surface area contributed by atoms with E-state index in [1.807, 2.05) is 0 Å². The number of unbranched alkanes of at least 4 members (excludes halogenated alkanes) is 2. The van der Waals surface area contributed by atoms with Crippen LogP contribution < -0.4 is 0 Å². The molecule has 4 aliphatic rings. The second-order valence-electron chi connectivity index (χ2n) is 13.2. The van der Waals surface area contributed by atoms with Crippen molar-refractivity contribution in [1.82, 2.24) is 0 Å². The van der Waals surface area contributed by atoms with Gasteiger partial charge in [-0.15, -0.1) is 0 Å². The first-order chi connectivity index (χ1) is 15.8. The molecule has 0 nitrogen and oxygen atoms in total. The fraction of sp³-hybridized carbons (Fsp3) is 1.00. The quantitative estimate of drug-likeness (QED) is 0.311. The Bertz CT molecular complexity index is 476. The molecule has 4 aliphatic carbocycles. The van der Waals surface area contributed by atoms with Gasteiger partial charge < -0.3 is 0 Å². The SMILES string of the molecule is CCCCCC1CCC(C2CCC(C3CCC(C4CCC(CCC)CC4)CC3)CC2)CC1. The molecule has 0 N–H and O–H groups in total. The van der Waals surface area contributed by atoms with Crippen LogP contribution >= 0.6 is 0 Å². The average molecular weight is 443 g/mol. The molecule has 32 heavy (non-hydrogen) atoms. The molecule has 0 amide bonds. The zero-order valence-electron chi connectivity index (χ0n) is 22.2. The monoisotopic (exact) mass is 442 g/mol. The third kappa shape index (κ3) is 7.01. The second-order valence-corrected chi connectivity index (χ2v) is 13.2. The van der Waals surface area contributed by atoms with Crippen LogP contribution in [-0.2, 0) is 0 Å². The van der Waals surface area contributed by atoms with Crippen LogP contribution in [0.4, 0.5) is 0 Å².